The van der Waals surface area contributed by atoms with E-state index in [1.165, 1.54) is 0 Å². The van der Waals surface area contributed by atoms with Crippen molar-refractivity contribution in [2.24, 2.45) is 11.7 Å². The van der Waals surface area contributed by atoms with Crippen molar-refractivity contribution in [3.63, 3.8) is 0 Å². The highest BCUT2D eigenvalue weighted by Crippen LogP contribution is 2.23. The van der Waals surface area contributed by atoms with E-state index in [1.807, 2.05) is 0 Å². The standard InChI is InChI=1S/C17H22F2N2O2/c18-12-5-6-13(14(19)9-12)16(22)7-8-17(23)21-15-4-2-1-3-11(15)10-20/h5-6,9,11,15H,1-4,7-8,10,20H2,(H,21,23). The van der Waals surface area contributed by atoms with Crippen LogP contribution in [-0.2, 0) is 4.79 Å². The minimum Gasteiger partial charge on any atom is -0.353 e. The van der Waals surface area contributed by atoms with Crippen molar-refractivity contribution >= 4 is 11.7 Å². The molecule has 1 fully saturated rings. The van der Waals surface area contributed by atoms with Crippen LogP contribution in [0.2, 0.25) is 0 Å². The molecule has 0 spiro atoms. The number of benzene rings is 1. The predicted octanol–water partition coefficient (Wildman–Crippen LogP) is 2.56. The van der Waals surface area contributed by atoms with Crippen LogP contribution in [-0.4, -0.2) is 24.3 Å². The zero-order chi connectivity index (χ0) is 16.8. The van der Waals surface area contributed by atoms with Gasteiger partial charge in [-0.15, -0.1) is 0 Å². The molecule has 1 aromatic carbocycles. The number of hydrogen-bond acceptors (Lipinski definition) is 3. The maximum Gasteiger partial charge on any atom is 0.220 e. The lowest BCUT2D eigenvalue weighted by molar-refractivity contribution is -0.122. The summed E-state index contributed by atoms with van der Waals surface area (Å²) >= 11 is 0. The second-order valence-corrected chi connectivity index (χ2v) is 6.00. The number of carbonyl (C=O) groups is 2. The molecule has 1 aromatic rings. The van der Waals surface area contributed by atoms with Gasteiger partial charge in [-0.3, -0.25) is 9.59 Å². The fraction of sp³-hybridized carbons (Fsp3) is 0.529. The summed E-state index contributed by atoms with van der Waals surface area (Å²) in [5.74, 6) is -2.09. The lowest BCUT2D eigenvalue weighted by atomic mass is 9.84. The van der Waals surface area contributed by atoms with Crippen molar-refractivity contribution < 1.29 is 18.4 Å². The molecule has 0 bridgehead atoms. The van der Waals surface area contributed by atoms with E-state index in [4.69, 9.17) is 5.73 Å². The van der Waals surface area contributed by atoms with Gasteiger partial charge in [0.2, 0.25) is 5.91 Å². The van der Waals surface area contributed by atoms with Crippen LogP contribution in [0.1, 0.15) is 48.9 Å². The molecule has 2 rings (SSSR count). The number of amides is 1. The highest BCUT2D eigenvalue weighted by Gasteiger charge is 2.25. The quantitative estimate of drug-likeness (QED) is 0.790. The number of rotatable bonds is 6. The Kier molecular flexibility index (Phi) is 6.21. The maximum atomic E-state index is 13.5. The van der Waals surface area contributed by atoms with Crippen LogP contribution < -0.4 is 11.1 Å². The largest absolute Gasteiger partial charge is 0.353 e. The molecule has 1 aliphatic rings. The fourth-order valence-corrected chi connectivity index (χ4v) is 3.04. The molecule has 2 atom stereocenters. The number of ketones is 1. The Morgan fingerprint density at radius 2 is 1.91 bits per heavy atom. The highest BCUT2D eigenvalue weighted by atomic mass is 19.1. The van der Waals surface area contributed by atoms with Crippen LogP contribution in [0.3, 0.4) is 0 Å². The monoisotopic (exact) mass is 324 g/mol. The summed E-state index contributed by atoms with van der Waals surface area (Å²) in [6, 6.07) is 2.86. The Hall–Kier alpha value is -1.82. The molecular weight excluding hydrogens is 302 g/mol. The first-order valence-corrected chi connectivity index (χ1v) is 7.99. The molecule has 126 valence electrons. The molecule has 1 amide bonds. The summed E-state index contributed by atoms with van der Waals surface area (Å²) < 4.78 is 26.3. The first kappa shape index (κ1) is 17.5. The van der Waals surface area contributed by atoms with Gasteiger partial charge in [0, 0.05) is 24.9 Å². The third-order valence-corrected chi connectivity index (χ3v) is 4.37. The first-order chi connectivity index (χ1) is 11.0. The number of carbonyl (C=O) groups excluding carboxylic acids is 2. The smallest absolute Gasteiger partial charge is 0.220 e. The molecule has 0 heterocycles. The minimum absolute atomic E-state index is 0.0105. The second kappa shape index (κ2) is 8.15. The third kappa shape index (κ3) is 4.82. The summed E-state index contributed by atoms with van der Waals surface area (Å²) in [5.41, 5.74) is 5.54. The van der Waals surface area contributed by atoms with Crippen LogP contribution in [0.4, 0.5) is 8.78 Å². The van der Waals surface area contributed by atoms with Gasteiger partial charge in [0.15, 0.2) is 5.78 Å². The van der Waals surface area contributed by atoms with Gasteiger partial charge < -0.3 is 11.1 Å². The molecule has 3 N–H and O–H groups in total. The van der Waals surface area contributed by atoms with Crippen LogP contribution in [0.5, 0.6) is 0 Å². The molecular formula is C17H22F2N2O2. The number of hydrogen-bond donors (Lipinski definition) is 2. The lowest BCUT2D eigenvalue weighted by Gasteiger charge is -2.31. The van der Waals surface area contributed by atoms with Gasteiger partial charge >= 0.3 is 0 Å². The first-order valence-electron chi connectivity index (χ1n) is 7.99. The van der Waals surface area contributed by atoms with Crippen molar-refractivity contribution in [3.05, 3.63) is 35.4 Å². The number of nitrogens with two attached hydrogens (primary N) is 1. The molecule has 6 heteroatoms. The normalized spacial score (nSPS) is 21.0. The average molecular weight is 324 g/mol. The second-order valence-electron chi connectivity index (χ2n) is 6.00. The molecule has 1 saturated carbocycles. The van der Waals surface area contributed by atoms with Gasteiger partial charge in [0.25, 0.3) is 0 Å². The van der Waals surface area contributed by atoms with E-state index < -0.39 is 17.4 Å². The van der Waals surface area contributed by atoms with E-state index in [0.29, 0.717) is 12.6 Å². The van der Waals surface area contributed by atoms with Crippen molar-refractivity contribution in [3.8, 4) is 0 Å². The van der Waals surface area contributed by atoms with E-state index in [-0.39, 0.29) is 36.3 Å². The third-order valence-electron chi connectivity index (χ3n) is 4.37. The Morgan fingerprint density at radius 3 is 2.61 bits per heavy atom. The predicted molar refractivity (Wildman–Crippen MR) is 82.9 cm³/mol. The van der Waals surface area contributed by atoms with Crippen LogP contribution in [0, 0.1) is 17.6 Å². The van der Waals surface area contributed by atoms with E-state index >= 15 is 0 Å². The SMILES string of the molecule is NCC1CCCCC1NC(=O)CCC(=O)c1ccc(F)cc1F. The number of halogens is 2. The topological polar surface area (TPSA) is 72.2 Å². The molecule has 0 aliphatic heterocycles. The van der Waals surface area contributed by atoms with Crippen LogP contribution in [0.15, 0.2) is 18.2 Å². The summed E-state index contributed by atoms with van der Waals surface area (Å²) in [4.78, 5) is 23.9. The van der Waals surface area contributed by atoms with Crippen LogP contribution >= 0.6 is 0 Å². The van der Waals surface area contributed by atoms with Crippen LogP contribution in [0.25, 0.3) is 0 Å². The van der Waals surface area contributed by atoms with E-state index in [1.54, 1.807) is 0 Å². The van der Waals surface area contributed by atoms with E-state index in [9.17, 15) is 18.4 Å². The molecule has 0 saturated heterocycles. The Morgan fingerprint density at radius 1 is 1.17 bits per heavy atom. The van der Waals surface area contributed by atoms with Gasteiger partial charge in [0.1, 0.15) is 11.6 Å². The van der Waals surface area contributed by atoms with E-state index in [2.05, 4.69) is 5.32 Å². The molecule has 4 nitrogen and oxygen atoms in total. The van der Waals surface area contributed by atoms with Gasteiger partial charge in [-0.25, -0.2) is 8.78 Å². The minimum atomic E-state index is -0.897. The number of nitrogens with one attached hydrogen (secondary N) is 1. The molecule has 0 radical (unpaired) electrons. The van der Waals surface area contributed by atoms with E-state index in [0.717, 1.165) is 37.8 Å². The molecule has 1 aliphatic carbocycles. The summed E-state index contributed by atoms with van der Waals surface area (Å²) in [6.45, 7) is 0.532. The van der Waals surface area contributed by atoms with Gasteiger partial charge in [0.05, 0.1) is 5.56 Å². The summed E-state index contributed by atoms with van der Waals surface area (Å²) in [5, 5.41) is 2.93. The van der Waals surface area contributed by atoms with Crippen molar-refractivity contribution in [1.29, 1.82) is 0 Å². The Labute approximate surface area is 134 Å². The lowest BCUT2D eigenvalue weighted by Crippen LogP contribution is -2.44. The van der Waals surface area contributed by atoms with Crippen molar-refractivity contribution in [2.75, 3.05) is 6.54 Å². The summed E-state index contributed by atoms with van der Waals surface area (Å²) in [6.07, 6.45) is 3.96. The average Bonchev–Trinajstić information content (AvgIpc) is 2.53. The molecule has 2 unspecified atom stereocenters. The fourth-order valence-electron chi connectivity index (χ4n) is 3.04. The summed E-state index contributed by atoms with van der Waals surface area (Å²) in [7, 11) is 0. The zero-order valence-electron chi connectivity index (χ0n) is 13.0. The van der Waals surface area contributed by atoms with Crippen molar-refractivity contribution in [2.45, 2.75) is 44.6 Å². The zero-order valence-corrected chi connectivity index (χ0v) is 13.0. The van der Waals surface area contributed by atoms with Gasteiger partial charge in [-0.1, -0.05) is 12.8 Å². The molecule has 23 heavy (non-hydrogen) atoms. The Balaban J connectivity index is 1.85. The highest BCUT2D eigenvalue weighted by molar-refractivity contribution is 5.98. The number of Topliss-reactive ketones (excluding diaryl/α,β-unsaturated/α-hetero) is 1. The molecule has 0 aromatic heterocycles. The van der Waals surface area contributed by atoms with Crippen molar-refractivity contribution in [1.82, 2.24) is 5.32 Å². The van der Waals surface area contributed by atoms with Gasteiger partial charge in [-0.05, 0) is 37.4 Å². The van der Waals surface area contributed by atoms with Gasteiger partial charge in [-0.2, -0.15) is 0 Å². The maximum absolute atomic E-state index is 13.5. The Bertz CT molecular complexity index is 578.